The van der Waals surface area contributed by atoms with E-state index in [1.807, 2.05) is 43.3 Å². The molecule has 1 aliphatic heterocycles. The predicted molar refractivity (Wildman–Crippen MR) is 126 cm³/mol. The van der Waals surface area contributed by atoms with E-state index < -0.39 is 18.0 Å². The highest BCUT2D eigenvalue weighted by atomic mass is 16.5. The summed E-state index contributed by atoms with van der Waals surface area (Å²) in [6.07, 6.45) is -0.141. The van der Waals surface area contributed by atoms with Gasteiger partial charge in [0.1, 0.15) is 11.8 Å². The van der Waals surface area contributed by atoms with Crippen LogP contribution in [0, 0.1) is 6.92 Å². The molecule has 1 N–H and O–H groups in total. The van der Waals surface area contributed by atoms with Gasteiger partial charge in [-0.3, -0.25) is 9.59 Å². The lowest BCUT2D eigenvalue weighted by molar-refractivity contribution is -0.124. The van der Waals surface area contributed by atoms with E-state index >= 15 is 0 Å². The van der Waals surface area contributed by atoms with Gasteiger partial charge in [-0.15, -0.1) is 0 Å². The summed E-state index contributed by atoms with van der Waals surface area (Å²) in [5.41, 5.74) is 2.89. The van der Waals surface area contributed by atoms with Crippen molar-refractivity contribution in [2.75, 3.05) is 17.3 Å². The van der Waals surface area contributed by atoms with E-state index in [2.05, 4.69) is 5.32 Å². The zero-order valence-electron chi connectivity index (χ0n) is 18.5. The number of carbonyl (C=O) groups is 3. The zero-order valence-corrected chi connectivity index (χ0v) is 18.5. The number of hydrogen-bond donors (Lipinski definition) is 1. The molecule has 0 saturated carbocycles. The third kappa shape index (κ3) is 4.87. The van der Waals surface area contributed by atoms with Crippen LogP contribution in [0.5, 0.6) is 5.75 Å². The van der Waals surface area contributed by atoms with E-state index in [1.165, 1.54) is 4.90 Å². The molecule has 0 unspecified atom stereocenters. The van der Waals surface area contributed by atoms with Gasteiger partial charge in [0.2, 0.25) is 5.91 Å². The number of methoxy groups -OCH3 is 1. The van der Waals surface area contributed by atoms with Crippen LogP contribution in [0.2, 0.25) is 0 Å². The summed E-state index contributed by atoms with van der Waals surface area (Å²) in [5.74, 6) is -0.0525. The Morgan fingerprint density at radius 3 is 2.36 bits per heavy atom. The fraction of sp³-hybridized carbons (Fsp3) is 0.192. The first kappa shape index (κ1) is 22.1. The Bertz CT molecular complexity index is 1160. The van der Waals surface area contributed by atoms with Crippen molar-refractivity contribution in [3.8, 4) is 5.75 Å². The first-order valence-corrected chi connectivity index (χ1v) is 10.7. The summed E-state index contributed by atoms with van der Waals surface area (Å²) < 4.78 is 5.20. The van der Waals surface area contributed by atoms with Gasteiger partial charge in [0.25, 0.3) is 5.91 Å². The number of benzene rings is 3. The Balaban J connectivity index is 1.61. The van der Waals surface area contributed by atoms with E-state index in [0.717, 1.165) is 16.0 Å². The Hall–Kier alpha value is -4.13. The molecule has 7 nitrogen and oxygen atoms in total. The van der Waals surface area contributed by atoms with Crippen molar-refractivity contribution in [1.29, 1.82) is 0 Å². The molecular formula is C26H25N3O4. The largest absolute Gasteiger partial charge is 0.497 e. The molecular weight excluding hydrogens is 418 g/mol. The molecule has 1 atom stereocenters. The molecule has 1 aliphatic rings. The molecule has 3 aromatic carbocycles. The number of amides is 4. The molecule has 1 fully saturated rings. The van der Waals surface area contributed by atoms with Crippen LogP contribution in [0.25, 0.3) is 0 Å². The van der Waals surface area contributed by atoms with Gasteiger partial charge in [-0.25, -0.2) is 9.69 Å². The highest BCUT2D eigenvalue weighted by Crippen LogP contribution is 2.29. The van der Waals surface area contributed by atoms with E-state index in [4.69, 9.17) is 4.74 Å². The van der Waals surface area contributed by atoms with Crippen molar-refractivity contribution in [3.05, 3.63) is 90.0 Å². The van der Waals surface area contributed by atoms with Gasteiger partial charge in [0.15, 0.2) is 0 Å². The summed E-state index contributed by atoms with van der Waals surface area (Å²) in [6.45, 7) is 2.09. The van der Waals surface area contributed by atoms with Crippen molar-refractivity contribution in [1.82, 2.24) is 4.90 Å². The second-order valence-corrected chi connectivity index (χ2v) is 7.91. The van der Waals surface area contributed by atoms with Crippen LogP contribution in [-0.4, -0.2) is 35.9 Å². The monoisotopic (exact) mass is 443 g/mol. The van der Waals surface area contributed by atoms with Crippen molar-refractivity contribution < 1.29 is 19.1 Å². The summed E-state index contributed by atoms with van der Waals surface area (Å²) in [7, 11) is 1.58. The Kier molecular flexibility index (Phi) is 6.40. The topological polar surface area (TPSA) is 79.0 Å². The van der Waals surface area contributed by atoms with Crippen molar-refractivity contribution in [3.63, 3.8) is 0 Å². The molecule has 0 aromatic heterocycles. The van der Waals surface area contributed by atoms with E-state index in [1.54, 1.807) is 49.6 Å². The van der Waals surface area contributed by atoms with Gasteiger partial charge in [0, 0.05) is 12.2 Å². The molecule has 4 amide bonds. The minimum Gasteiger partial charge on any atom is -0.497 e. The average molecular weight is 444 g/mol. The zero-order chi connectivity index (χ0) is 23.4. The average Bonchev–Trinajstić information content (AvgIpc) is 3.04. The molecule has 0 aliphatic carbocycles. The number of rotatable bonds is 7. The maximum atomic E-state index is 13.4. The number of carbonyl (C=O) groups excluding carboxylic acids is 3. The molecule has 7 heteroatoms. The summed E-state index contributed by atoms with van der Waals surface area (Å²) in [6, 6.07) is 22.2. The number of nitrogens with zero attached hydrogens (tertiary/aromatic N) is 2. The Labute approximate surface area is 192 Å². The van der Waals surface area contributed by atoms with Gasteiger partial charge in [-0.1, -0.05) is 42.5 Å². The van der Waals surface area contributed by atoms with E-state index in [-0.39, 0.29) is 18.9 Å². The standard InChI is InChI=1S/C26H25N3O4/c1-18-7-6-10-21(15-18)29-25(31)23(16-24(30)27-20-8-4-3-5-9-20)28(26(29)32)17-19-11-13-22(33-2)14-12-19/h3-15,23H,16-17H2,1-2H3,(H,27,30)/t23-/m1/s1. The predicted octanol–water partition coefficient (Wildman–Crippen LogP) is 4.37. The number of anilines is 2. The lowest BCUT2D eigenvalue weighted by atomic mass is 10.1. The van der Waals surface area contributed by atoms with Crippen LogP contribution in [0.3, 0.4) is 0 Å². The van der Waals surface area contributed by atoms with Crippen LogP contribution in [0.15, 0.2) is 78.9 Å². The number of ether oxygens (including phenoxy) is 1. The quantitative estimate of drug-likeness (QED) is 0.550. The van der Waals surface area contributed by atoms with Crippen molar-refractivity contribution in [2.45, 2.75) is 25.9 Å². The fourth-order valence-corrected chi connectivity index (χ4v) is 3.86. The third-order valence-corrected chi connectivity index (χ3v) is 5.53. The molecule has 1 heterocycles. The van der Waals surface area contributed by atoms with E-state index in [0.29, 0.717) is 17.1 Å². The molecule has 1 saturated heterocycles. The molecule has 33 heavy (non-hydrogen) atoms. The SMILES string of the molecule is COc1ccc(CN2C(=O)N(c3cccc(C)c3)C(=O)[C@H]2CC(=O)Nc2ccccc2)cc1. The molecule has 168 valence electrons. The maximum absolute atomic E-state index is 13.4. The van der Waals surface area contributed by atoms with Gasteiger partial charge in [-0.05, 0) is 54.4 Å². The van der Waals surface area contributed by atoms with Crippen molar-refractivity contribution >= 4 is 29.2 Å². The molecule has 0 radical (unpaired) electrons. The second-order valence-electron chi connectivity index (χ2n) is 7.91. The smallest absolute Gasteiger partial charge is 0.332 e. The van der Waals surface area contributed by atoms with Gasteiger partial charge >= 0.3 is 6.03 Å². The maximum Gasteiger partial charge on any atom is 0.332 e. The molecule has 0 spiro atoms. The minimum atomic E-state index is -0.913. The van der Waals surface area contributed by atoms with Gasteiger partial charge in [-0.2, -0.15) is 0 Å². The normalized spacial score (nSPS) is 15.6. The number of nitrogens with one attached hydrogen (secondary N) is 1. The number of urea groups is 1. The van der Waals surface area contributed by atoms with Crippen LogP contribution >= 0.6 is 0 Å². The lowest BCUT2D eigenvalue weighted by Gasteiger charge is -2.22. The van der Waals surface area contributed by atoms with Crippen molar-refractivity contribution in [2.24, 2.45) is 0 Å². The summed E-state index contributed by atoms with van der Waals surface area (Å²) >= 11 is 0. The molecule has 0 bridgehead atoms. The van der Waals surface area contributed by atoms with Crippen LogP contribution in [0.4, 0.5) is 16.2 Å². The van der Waals surface area contributed by atoms with Crippen LogP contribution in [-0.2, 0) is 16.1 Å². The Morgan fingerprint density at radius 1 is 0.970 bits per heavy atom. The fourth-order valence-electron chi connectivity index (χ4n) is 3.86. The van der Waals surface area contributed by atoms with E-state index in [9.17, 15) is 14.4 Å². The Morgan fingerprint density at radius 2 is 1.70 bits per heavy atom. The summed E-state index contributed by atoms with van der Waals surface area (Å²) in [4.78, 5) is 42.1. The number of para-hydroxylation sites is 1. The number of imide groups is 1. The first-order chi connectivity index (χ1) is 16.0. The lowest BCUT2D eigenvalue weighted by Crippen LogP contribution is -2.37. The third-order valence-electron chi connectivity index (χ3n) is 5.53. The highest BCUT2D eigenvalue weighted by molar-refractivity contribution is 6.22. The van der Waals surface area contributed by atoms with Crippen LogP contribution < -0.4 is 15.0 Å². The minimum absolute atomic E-state index is 0.141. The number of aryl methyl sites for hydroxylation is 1. The summed E-state index contributed by atoms with van der Waals surface area (Å²) in [5, 5.41) is 2.80. The highest BCUT2D eigenvalue weighted by Gasteiger charge is 2.46. The first-order valence-electron chi connectivity index (χ1n) is 10.7. The number of hydrogen-bond acceptors (Lipinski definition) is 4. The van der Waals surface area contributed by atoms with Gasteiger partial charge < -0.3 is 15.0 Å². The van der Waals surface area contributed by atoms with Crippen LogP contribution in [0.1, 0.15) is 17.5 Å². The molecule has 3 aromatic rings. The second kappa shape index (κ2) is 9.56. The molecule has 4 rings (SSSR count). The van der Waals surface area contributed by atoms with Gasteiger partial charge in [0.05, 0.1) is 19.2 Å².